The molecule has 4 heteroatoms. The van der Waals surface area contributed by atoms with E-state index in [4.69, 9.17) is 4.52 Å². The largest absolute Gasteiger partial charge is 0.360 e. The first kappa shape index (κ1) is 9.09. The molecule has 0 N–H and O–H groups in total. The number of aromatic nitrogens is 2. The number of hydrogen-bond donors (Lipinski definition) is 0. The lowest BCUT2D eigenvalue weighted by Gasteiger charge is -2.01. The Labute approximate surface area is 95.6 Å². The molecule has 0 atom stereocenters. The Morgan fingerprint density at radius 1 is 1.27 bits per heavy atom. The first-order valence-corrected chi connectivity index (χ1v) is 5.70. The lowest BCUT2D eigenvalue weighted by molar-refractivity contribution is 0.385. The van der Waals surface area contributed by atoms with Crippen LogP contribution in [0.4, 0.5) is 0 Å². The van der Waals surface area contributed by atoms with Gasteiger partial charge in [-0.15, -0.1) is 0 Å². The molecule has 76 valence electrons. The summed E-state index contributed by atoms with van der Waals surface area (Å²) < 4.78 is 6.29. The molecule has 0 bridgehead atoms. The molecular weight excluding hydrogens is 256 g/mol. The van der Waals surface area contributed by atoms with E-state index in [-0.39, 0.29) is 0 Å². The molecule has 1 aliphatic rings. The van der Waals surface area contributed by atoms with Crippen LogP contribution in [-0.4, -0.2) is 10.1 Å². The SMILES string of the molecule is Brc1cnccc1-c1cnoc1C1CC1. The summed E-state index contributed by atoms with van der Waals surface area (Å²) in [5, 5.41) is 3.88. The van der Waals surface area contributed by atoms with E-state index in [0.29, 0.717) is 5.92 Å². The number of halogens is 1. The standard InChI is InChI=1S/C11H9BrN2O/c12-10-6-13-4-3-8(10)9-5-14-15-11(9)7-1-2-7/h3-7H,1-2H2. The van der Waals surface area contributed by atoms with Gasteiger partial charge in [0.15, 0.2) is 0 Å². The van der Waals surface area contributed by atoms with E-state index in [1.54, 1.807) is 18.6 Å². The summed E-state index contributed by atoms with van der Waals surface area (Å²) in [6.07, 6.45) is 7.78. The highest BCUT2D eigenvalue weighted by molar-refractivity contribution is 9.10. The van der Waals surface area contributed by atoms with Gasteiger partial charge in [0.25, 0.3) is 0 Å². The van der Waals surface area contributed by atoms with Crippen LogP contribution in [-0.2, 0) is 0 Å². The highest BCUT2D eigenvalue weighted by Crippen LogP contribution is 2.45. The van der Waals surface area contributed by atoms with Gasteiger partial charge in [-0.1, -0.05) is 5.16 Å². The Morgan fingerprint density at radius 2 is 2.13 bits per heavy atom. The molecule has 3 nitrogen and oxygen atoms in total. The maximum atomic E-state index is 5.31. The molecule has 0 aliphatic heterocycles. The van der Waals surface area contributed by atoms with Crippen LogP contribution in [0.1, 0.15) is 24.5 Å². The van der Waals surface area contributed by atoms with Crippen LogP contribution in [0.2, 0.25) is 0 Å². The summed E-state index contributed by atoms with van der Waals surface area (Å²) >= 11 is 3.49. The Morgan fingerprint density at radius 3 is 2.87 bits per heavy atom. The van der Waals surface area contributed by atoms with Crippen LogP contribution in [0, 0.1) is 0 Å². The molecule has 15 heavy (non-hydrogen) atoms. The van der Waals surface area contributed by atoms with Gasteiger partial charge in [-0.3, -0.25) is 4.98 Å². The third-order valence-electron chi connectivity index (χ3n) is 2.61. The molecule has 1 aliphatic carbocycles. The van der Waals surface area contributed by atoms with E-state index in [1.165, 1.54) is 12.8 Å². The summed E-state index contributed by atoms with van der Waals surface area (Å²) in [5.41, 5.74) is 2.19. The smallest absolute Gasteiger partial charge is 0.147 e. The second-order valence-corrected chi connectivity index (χ2v) is 4.59. The average Bonchev–Trinajstić information content (AvgIpc) is 2.98. The van der Waals surface area contributed by atoms with Crippen LogP contribution in [0.15, 0.2) is 33.7 Å². The topological polar surface area (TPSA) is 38.9 Å². The Balaban J connectivity index is 2.12. The monoisotopic (exact) mass is 264 g/mol. The quantitative estimate of drug-likeness (QED) is 0.835. The summed E-state index contributed by atoms with van der Waals surface area (Å²) in [6.45, 7) is 0. The minimum Gasteiger partial charge on any atom is -0.360 e. The van der Waals surface area contributed by atoms with Crippen molar-refractivity contribution < 1.29 is 4.52 Å². The van der Waals surface area contributed by atoms with Crippen molar-refractivity contribution in [1.82, 2.24) is 10.1 Å². The average molecular weight is 265 g/mol. The molecule has 0 spiro atoms. The summed E-state index contributed by atoms with van der Waals surface area (Å²) in [4.78, 5) is 4.05. The zero-order chi connectivity index (χ0) is 10.3. The third-order valence-corrected chi connectivity index (χ3v) is 3.24. The molecule has 2 aromatic heterocycles. The number of nitrogens with zero attached hydrogens (tertiary/aromatic N) is 2. The fourth-order valence-electron chi connectivity index (χ4n) is 1.68. The lowest BCUT2D eigenvalue weighted by Crippen LogP contribution is -1.83. The van der Waals surface area contributed by atoms with Crippen LogP contribution in [0.3, 0.4) is 0 Å². The predicted octanol–water partition coefficient (Wildman–Crippen LogP) is 3.38. The zero-order valence-electron chi connectivity index (χ0n) is 7.98. The van der Waals surface area contributed by atoms with Gasteiger partial charge in [0.2, 0.25) is 0 Å². The number of hydrogen-bond acceptors (Lipinski definition) is 3. The normalized spacial score (nSPS) is 15.5. The fourth-order valence-corrected chi connectivity index (χ4v) is 2.15. The second-order valence-electron chi connectivity index (χ2n) is 3.73. The molecule has 2 heterocycles. The van der Waals surface area contributed by atoms with E-state index in [9.17, 15) is 0 Å². The van der Waals surface area contributed by atoms with E-state index < -0.39 is 0 Å². The maximum Gasteiger partial charge on any atom is 0.147 e. The van der Waals surface area contributed by atoms with Crippen molar-refractivity contribution in [3.63, 3.8) is 0 Å². The van der Waals surface area contributed by atoms with E-state index >= 15 is 0 Å². The molecule has 0 saturated heterocycles. The fraction of sp³-hybridized carbons (Fsp3) is 0.273. The first-order chi connectivity index (χ1) is 7.36. The molecule has 1 saturated carbocycles. The summed E-state index contributed by atoms with van der Waals surface area (Å²) in [6, 6.07) is 1.97. The van der Waals surface area contributed by atoms with Crippen LogP contribution >= 0.6 is 15.9 Å². The molecule has 0 aromatic carbocycles. The minimum absolute atomic E-state index is 0.572. The van der Waals surface area contributed by atoms with Crippen molar-refractivity contribution in [2.75, 3.05) is 0 Å². The summed E-state index contributed by atoms with van der Waals surface area (Å²) in [7, 11) is 0. The Kier molecular flexibility index (Phi) is 2.09. The van der Waals surface area contributed by atoms with Crippen LogP contribution in [0.25, 0.3) is 11.1 Å². The van der Waals surface area contributed by atoms with Crippen molar-refractivity contribution in [1.29, 1.82) is 0 Å². The molecule has 1 fully saturated rings. The van der Waals surface area contributed by atoms with Crippen molar-refractivity contribution in [2.45, 2.75) is 18.8 Å². The second kappa shape index (κ2) is 3.45. The first-order valence-electron chi connectivity index (χ1n) is 4.90. The molecule has 2 aromatic rings. The Bertz CT molecular complexity index is 491. The van der Waals surface area contributed by atoms with Crippen molar-refractivity contribution in [2.24, 2.45) is 0 Å². The van der Waals surface area contributed by atoms with Gasteiger partial charge in [-0.25, -0.2) is 0 Å². The molecular formula is C11H9BrN2O. The molecule has 0 radical (unpaired) electrons. The van der Waals surface area contributed by atoms with Gasteiger partial charge < -0.3 is 4.52 Å². The lowest BCUT2D eigenvalue weighted by atomic mass is 10.1. The van der Waals surface area contributed by atoms with Gasteiger partial charge in [0.1, 0.15) is 5.76 Å². The number of rotatable bonds is 2. The van der Waals surface area contributed by atoms with E-state index in [0.717, 1.165) is 21.4 Å². The van der Waals surface area contributed by atoms with Crippen molar-refractivity contribution >= 4 is 15.9 Å². The van der Waals surface area contributed by atoms with Crippen LogP contribution in [0.5, 0.6) is 0 Å². The molecule has 3 rings (SSSR count). The predicted molar refractivity (Wildman–Crippen MR) is 59.4 cm³/mol. The van der Waals surface area contributed by atoms with Crippen LogP contribution < -0.4 is 0 Å². The highest BCUT2D eigenvalue weighted by atomic mass is 79.9. The maximum absolute atomic E-state index is 5.31. The van der Waals surface area contributed by atoms with Gasteiger partial charge in [-0.2, -0.15) is 0 Å². The van der Waals surface area contributed by atoms with Crippen molar-refractivity contribution in [3.8, 4) is 11.1 Å². The Hall–Kier alpha value is -1.16. The highest BCUT2D eigenvalue weighted by Gasteiger charge is 2.30. The van der Waals surface area contributed by atoms with Gasteiger partial charge >= 0.3 is 0 Å². The van der Waals surface area contributed by atoms with Crippen molar-refractivity contribution in [3.05, 3.63) is 34.9 Å². The summed E-state index contributed by atoms with van der Waals surface area (Å²) in [5.74, 6) is 1.59. The van der Waals surface area contributed by atoms with E-state index in [1.807, 2.05) is 6.07 Å². The van der Waals surface area contributed by atoms with Gasteiger partial charge in [0, 0.05) is 33.9 Å². The van der Waals surface area contributed by atoms with Gasteiger partial charge in [0.05, 0.1) is 6.20 Å². The third kappa shape index (κ3) is 1.59. The molecule has 0 unspecified atom stereocenters. The van der Waals surface area contributed by atoms with Gasteiger partial charge in [-0.05, 0) is 34.8 Å². The number of pyridine rings is 1. The minimum atomic E-state index is 0.572. The zero-order valence-corrected chi connectivity index (χ0v) is 9.57. The van der Waals surface area contributed by atoms with E-state index in [2.05, 4.69) is 26.1 Å². The molecule has 0 amide bonds.